The van der Waals surface area contributed by atoms with Crippen molar-refractivity contribution in [3.63, 3.8) is 0 Å². The average molecular weight is 364 g/mol. The lowest BCUT2D eigenvalue weighted by Crippen LogP contribution is -2.17. The molecule has 2 aromatic rings. The minimum Gasteiger partial charge on any atom is -0.411 e. The van der Waals surface area contributed by atoms with Crippen LogP contribution in [0.4, 0.5) is 13.2 Å². The Bertz CT molecular complexity index is 793. The monoisotopic (exact) mass is 363 g/mol. The van der Waals surface area contributed by atoms with Crippen LogP contribution in [0, 0.1) is 0 Å². The molecule has 5 nitrogen and oxygen atoms in total. The molecule has 0 fully saturated rings. The maximum atomic E-state index is 12.6. The van der Waals surface area contributed by atoms with E-state index in [1.807, 2.05) is 0 Å². The smallest absolute Gasteiger partial charge is 0.411 e. The normalized spacial score (nSPS) is 12.4. The number of alkyl halides is 3. The third-order valence-electron chi connectivity index (χ3n) is 2.66. The van der Waals surface area contributed by atoms with Gasteiger partial charge in [-0.3, -0.25) is 4.79 Å². The Morgan fingerprint density at radius 3 is 2.70 bits per heavy atom. The largest absolute Gasteiger partial charge is 0.433 e. The van der Waals surface area contributed by atoms with E-state index in [0.29, 0.717) is 16.7 Å². The van der Waals surface area contributed by atoms with Gasteiger partial charge in [0, 0.05) is 22.4 Å². The van der Waals surface area contributed by atoms with Gasteiger partial charge < -0.3 is 10.2 Å². The lowest BCUT2D eigenvalue weighted by molar-refractivity contribution is -0.141. The summed E-state index contributed by atoms with van der Waals surface area (Å²) in [6.07, 6.45) is -4.72. The van der Waals surface area contributed by atoms with Gasteiger partial charge >= 0.3 is 6.18 Å². The van der Waals surface area contributed by atoms with Crippen LogP contribution in [0.3, 0.4) is 0 Å². The first-order valence-electron chi connectivity index (χ1n) is 6.08. The fourth-order valence-electron chi connectivity index (χ4n) is 1.64. The van der Waals surface area contributed by atoms with Gasteiger partial charge in [0.2, 0.25) is 0 Å². The van der Waals surface area contributed by atoms with E-state index in [9.17, 15) is 18.0 Å². The van der Waals surface area contributed by atoms with Crippen molar-refractivity contribution < 1.29 is 18.4 Å². The number of H-pyrrole nitrogens is 1. The molecule has 0 aliphatic carbocycles. The van der Waals surface area contributed by atoms with Crippen molar-refractivity contribution >= 4 is 29.1 Å². The van der Waals surface area contributed by atoms with E-state index < -0.39 is 17.4 Å². The molecule has 122 valence electrons. The summed E-state index contributed by atoms with van der Waals surface area (Å²) >= 11 is 6.75. The van der Waals surface area contributed by atoms with Gasteiger partial charge in [-0.1, -0.05) is 46.7 Å². The standard InChI is InChI=1S/C13H9ClF3N3O2S/c14-8-4-2-1-3-7(8)9(20-22)6-23-12-18-10(13(15,16)17)5-11(21)19-12/h1-5,22H,6H2,(H,18,19,21)/b20-9-. The van der Waals surface area contributed by atoms with Crippen LogP contribution in [0.2, 0.25) is 5.02 Å². The Morgan fingerprint density at radius 1 is 1.39 bits per heavy atom. The Kier molecular flexibility index (Phi) is 5.32. The molecule has 0 bridgehead atoms. The molecule has 2 N–H and O–H groups in total. The highest BCUT2D eigenvalue weighted by Gasteiger charge is 2.33. The number of aromatic nitrogens is 2. The summed E-state index contributed by atoms with van der Waals surface area (Å²) in [6, 6.07) is 6.90. The summed E-state index contributed by atoms with van der Waals surface area (Å²) in [4.78, 5) is 16.8. The summed E-state index contributed by atoms with van der Waals surface area (Å²) < 4.78 is 37.9. The Morgan fingerprint density at radius 2 is 2.09 bits per heavy atom. The maximum absolute atomic E-state index is 12.6. The van der Waals surface area contributed by atoms with Gasteiger partial charge in [0.25, 0.3) is 5.56 Å². The Balaban J connectivity index is 2.22. The lowest BCUT2D eigenvalue weighted by atomic mass is 10.1. The number of thioether (sulfide) groups is 1. The van der Waals surface area contributed by atoms with E-state index in [4.69, 9.17) is 16.8 Å². The number of halogens is 4. The van der Waals surface area contributed by atoms with Gasteiger partial charge in [0.1, 0.15) is 0 Å². The first kappa shape index (κ1) is 17.4. The first-order valence-corrected chi connectivity index (χ1v) is 7.45. The second-order valence-electron chi connectivity index (χ2n) is 4.25. The van der Waals surface area contributed by atoms with E-state index in [-0.39, 0.29) is 16.6 Å². The molecule has 2 rings (SSSR count). The number of nitrogens with zero attached hydrogens (tertiary/aromatic N) is 2. The predicted octanol–water partition coefficient (Wildman–Crippen LogP) is 3.41. The molecule has 0 unspecified atom stereocenters. The van der Waals surface area contributed by atoms with E-state index in [2.05, 4.69) is 15.1 Å². The lowest BCUT2D eigenvalue weighted by Gasteiger charge is -2.08. The number of hydrogen-bond donors (Lipinski definition) is 2. The van der Waals surface area contributed by atoms with Crippen molar-refractivity contribution in [2.45, 2.75) is 11.3 Å². The summed E-state index contributed by atoms with van der Waals surface area (Å²) in [5.41, 5.74) is -1.64. The molecular weight excluding hydrogens is 355 g/mol. The van der Waals surface area contributed by atoms with Crippen molar-refractivity contribution in [2.75, 3.05) is 5.75 Å². The van der Waals surface area contributed by atoms with Crippen LogP contribution < -0.4 is 5.56 Å². The number of hydrogen-bond acceptors (Lipinski definition) is 5. The third kappa shape index (κ3) is 4.49. The summed E-state index contributed by atoms with van der Waals surface area (Å²) in [5.74, 6) is -0.0372. The van der Waals surface area contributed by atoms with Crippen molar-refractivity contribution in [3.8, 4) is 0 Å². The molecule has 0 aliphatic rings. The molecule has 0 amide bonds. The average Bonchev–Trinajstić information content (AvgIpc) is 2.48. The van der Waals surface area contributed by atoms with E-state index >= 15 is 0 Å². The number of oxime groups is 1. The predicted molar refractivity (Wildman–Crippen MR) is 80.4 cm³/mol. The second kappa shape index (κ2) is 7.05. The third-order valence-corrected chi connectivity index (χ3v) is 3.88. The molecule has 23 heavy (non-hydrogen) atoms. The summed E-state index contributed by atoms with van der Waals surface area (Å²) in [7, 11) is 0. The van der Waals surface area contributed by atoms with Crippen molar-refractivity contribution in [1.82, 2.24) is 9.97 Å². The quantitative estimate of drug-likeness (QED) is 0.287. The van der Waals surface area contributed by atoms with Crippen LogP contribution in [0.25, 0.3) is 0 Å². The molecule has 1 aromatic carbocycles. The summed E-state index contributed by atoms with van der Waals surface area (Å²) in [5, 5.41) is 12.2. The first-order chi connectivity index (χ1) is 10.8. The molecule has 10 heteroatoms. The van der Waals surface area contributed by atoms with Crippen LogP contribution >= 0.6 is 23.4 Å². The number of benzene rings is 1. The number of nitrogens with one attached hydrogen (secondary N) is 1. The molecule has 0 atom stereocenters. The zero-order valence-corrected chi connectivity index (χ0v) is 12.8. The van der Waals surface area contributed by atoms with Crippen LogP contribution in [0.15, 0.2) is 45.4 Å². The zero-order valence-electron chi connectivity index (χ0n) is 11.3. The van der Waals surface area contributed by atoms with Gasteiger partial charge in [0.15, 0.2) is 10.9 Å². The second-order valence-corrected chi connectivity index (χ2v) is 5.62. The van der Waals surface area contributed by atoms with Gasteiger partial charge in [-0.25, -0.2) is 4.98 Å². The van der Waals surface area contributed by atoms with E-state index in [1.54, 1.807) is 24.3 Å². The minimum atomic E-state index is -4.72. The molecule has 0 saturated carbocycles. The van der Waals surface area contributed by atoms with Crippen LogP contribution in [-0.4, -0.2) is 26.6 Å². The highest BCUT2D eigenvalue weighted by atomic mass is 35.5. The molecule has 0 aliphatic heterocycles. The minimum absolute atomic E-state index is 0.0372. The Hall–Kier alpha value is -2.00. The van der Waals surface area contributed by atoms with Crippen molar-refractivity contribution in [2.24, 2.45) is 5.16 Å². The zero-order chi connectivity index (χ0) is 17.0. The van der Waals surface area contributed by atoms with Crippen molar-refractivity contribution in [3.05, 3.63) is 57.0 Å². The van der Waals surface area contributed by atoms with E-state index in [1.165, 1.54) is 0 Å². The molecule has 0 radical (unpaired) electrons. The number of rotatable bonds is 4. The molecule has 0 spiro atoms. The van der Waals surface area contributed by atoms with Crippen LogP contribution in [0.1, 0.15) is 11.3 Å². The van der Waals surface area contributed by atoms with Gasteiger partial charge in [-0.05, 0) is 6.07 Å². The maximum Gasteiger partial charge on any atom is 0.433 e. The molecule has 1 heterocycles. The van der Waals surface area contributed by atoms with Crippen LogP contribution in [0.5, 0.6) is 0 Å². The summed E-state index contributed by atoms with van der Waals surface area (Å²) in [6.45, 7) is 0. The molecular formula is C13H9ClF3N3O2S. The topological polar surface area (TPSA) is 78.3 Å². The van der Waals surface area contributed by atoms with Crippen molar-refractivity contribution in [1.29, 1.82) is 0 Å². The van der Waals surface area contributed by atoms with Gasteiger partial charge in [0.05, 0.1) is 5.71 Å². The van der Waals surface area contributed by atoms with Gasteiger partial charge in [-0.2, -0.15) is 13.2 Å². The SMILES string of the molecule is O=c1cc(C(F)(F)F)nc(SC/C(=N/O)c2ccccc2Cl)[nH]1. The number of aromatic amines is 1. The Labute approximate surface area is 137 Å². The fourth-order valence-corrected chi connectivity index (χ4v) is 2.71. The highest BCUT2D eigenvalue weighted by Crippen LogP contribution is 2.28. The van der Waals surface area contributed by atoms with Gasteiger partial charge in [-0.15, -0.1) is 0 Å². The van der Waals surface area contributed by atoms with Crippen LogP contribution in [-0.2, 0) is 6.18 Å². The molecule has 1 aromatic heterocycles. The van der Waals surface area contributed by atoms with E-state index in [0.717, 1.165) is 11.8 Å². The molecule has 0 saturated heterocycles. The highest BCUT2D eigenvalue weighted by molar-refractivity contribution is 7.99. The fraction of sp³-hybridized carbons (Fsp3) is 0.154.